The van der Waals surface area contributed by atoms with E-state index in [0.29, 0.717) is 21.2 Å². The second-order valence-electron chi connectivity index (χ2n) is 6.93. The second kappa shape index (κ2) is 9.46. The van der Waals surface area contributed by atoms with Gasteiger partial charge in [-0.05, 0) is 39.2 Å². The maximum absolute atomic E-state index is 12.4. The molecule has 10 heteroatoms. The van der Waals surface area contributed by atoms with Gasteiger partial charge in [0.15, 0.2) is 0 Å². The van der Waals surface area contributed by atoms with Gasteiger partial charge in [-0.3, -0.25) is 4.79 Å². The molecule has 3 aromatic rings. The Bertz CT molecular complexity index is 1440. The number of aromatic carboxylic acids is 1. The summed E-state index contributed by atoms with van der Waals surface area (Å²) in [7, 11) is -4.42. The molecule has 0 radical (unpaired) electrons. The minimum atomic E-state index is -4.42. The van der Waals surface area contributed by atoms with Crippen LogP contribution in [0.4, 0.5) is 5.69 Å². The molecule has 3 aromatic carbocycles. The Balaban J connectivity index is 2.22. The van der Waals surface area contributed by atoms with Crippen molar-refractivity contribution in [3.05, 3.63) is 81.3 Å². The van der Waals surface area contributed by atoms with Crippen molar-refractivity contribution in [2.24, 2.45) is 10.9 Å². The molecule has 0 bridgehead atoms. The van der Waals surface area contributed by atoms with Crippen molar-refractivity contribution in [3.8, 4) is 23.0 Å². The molecule has 1 amide bonds. The average Bonchev–Trinajstić information content (AvgIpc) is 2.74. The first-order chi connectivity index (χ1) is 15.5. The lowest BCUT2D eigenvalue weighted by Crippen LogP contribution is -2.24. The predicted molar refractivity (Wildman–Crippen MR) is 128 cm³/mol. The Labute approximate surface area is 198 Å². The highest BCUT2D eigenvalue weighted by Crippen LogP contribution is 2.35. The number of rotatable bonds is 5. The van der Waals surface area contributed by atoms with Gasteiger partial charge in [-0.15, -0.1) is 0 Å². The van der Waals surface area contributed by atoms with Gasteiger partial charge in [0.05, 0.1) is 16.8 Å². The molecule has 0 unspecified atom stereocenters. The molecule has 3 rings (SSSR count). The fraction of sp³-hybridized carbons (Fsp3) is 0.0435. The van der Waals surface area contributed by atoms with Crippen LogP contribution in [-0.4, -0.2) is 25.4 Å². The molecular weight excluding hydrogens is 510 g/mol. The van der Waals surface area contributed by atoms with Crippen LogP contribution in [0.25, 0.3) is 11.1 Å². The van der Waals surface area contributed by atoms with Gasteiger partial charge in [-0.25, -0.2) is 18.4 Å². The van der Waals surface area contributed by atoms with Crippen molar-refractivity contribution in [2.45, 2.75) is 11.3 Å². The first kappa shape index (κ1) is 24.0. The molecule has 0 aliphatic rings. The zero-order chi connectivity index (χ0) is 24.3. The van der Waals surface area contributed by atoms with Crippen molar-refractivity contribution in [2.75, 3.05) is 5.73 Å². The van der Waals surface area contributed by atoms with E-state index in [-0.39, 0.29) is 23.2 Å². The van der Waals surface area contributed by atoms with Gasteiger partial charge in [0.2, 0.25) is 10.0 Å². The minimum Gasteiger partial charge on any atom is -0.478 e. The molecule has 0 aliphatic heterocycles. The number of primary sulfonamides is 1. The van der Waals surface area contributed by atoms with Crippen molar-refractivity contribution in [1.29, 1.82) is 0 Å². The topological polar surface area (TPSA) is 167 Å². The van der Waals surface area contributed by atoms with E-state index in [0.717, 1.165) is 0 Å². The third-order valence-electron chi connectivity index (χ3n) is 4.75. The number of sulfonamides is 1. The van der Waals surface area contributed by atoms with Crippen LogP contribution in [0.2, 0.25) is 0 Å². The lowest BCUT2D eigenvalue weighted by molar-refractivity contribution is 0.0695. The zero-order valence-electron chi connectivity index (χ0n) is 17.0. The number of hydrogen-bond donors (Lipinski definition) is 4. The van der Waals surface area contributed by atoms with Gasteiger partial charge in [-0.1, -0.05) is 54.3 Å². The maximum atomic E-state index is 12.4. The van der Waals surface area contributed by atoms with E-state index < -0.39 is 32.4 Å². The number of carbonyl (C=O) groups excluding carboxylic acids is 1. The Morgan fingerprint density at radius 1 is 1.06 bits per heavy atom. The fourth-order valence-electron chi connectivity index (χ4n) is 3.28. The number of carboxylic acid groups (broad SMARTS) is 1. The van der Waals surface area contributed by atoms with Crippen LogP contribution in [0.3, 0.4) is 0 Å². The number of nitrogen functional groups attached to an aromatic ring is 1. The number of benzene rings is 3. The highest BCUT2D eigenvalue weighted by Gasteiger charge is 2.27. The molecule has 8 nitrogen and oxygen atoms in total. The summed E-state index contributed by atoms with van der Waals surface area (Å²) in [6, 6.07) is 14.9. The molecule has 168 valence electrons. The monoisotopic (exact) mass is 527 g/mol. The number of hydrogen-bond acceptors (Lipinski definition) is 5. The predicted octanol–water partition coefficient (Wildman–Crippen LogP) is 2.74. The van der Waals surface area contributed by atoms with Gasteiger partial charge in [0.25, 0.3) is 5.91 Å². The average molecular weight is 528 g/mol. The molecule has 0 saturated heterocycles. The summed E-state index contributed by atoms with van der Waals surface area (Å²) in [6.45, 7) is 0. The van der Waals surface area contributed by atoms with E-state index in [1.54, 1.807) is 42.5 Å². The second-order valence-corrected chi connectivity index (χ2v) is 9.22. The third kappa shape index (κ3) is 5.06. The van der Waals surface area contributed by atoms with Crippen molar-refractivity contribution < 1.29 is 23.1 Å². The van der Waals surface area contributed by atoms with Gasteiger partial charge in [0, 0.05) is 22.0 Å². The largest absolute Gasteiger partial charge is 0.478 e. The smallest absolute Gasteiger partial charge is 0.336 e. The molecule has 0 saturated carbocycles. The van der Waals surface area contributed by atoms with E-state index in [9.17, 15) is 23.1 Å². The van der Waals surface area contributed by atoms with Crippen LogP contribution in [-0.2, 0) is 16.4 Å². The highest BCUT2D eigenvalue weighted by atomic mass is 79.9. The summed E-state index contributed by atoms with van der Waals surface area (Å²) in [5.74, 6) is 3.38. The maximum Gasteiger partial charge on any atom is 0.336 e. The van der Waals surface area contributed by atoms with Crippen molar-refractivity contribution in [1.82, 2.24) is 0 Å². The van der Waals surface area contributed by atoms with Gasteiger partial charge >= 0.3 is 5.97 Å². The van der Waals surface area contributed by atoms with Crippen LogP contribution in [0.5, 0.6) is 0 Å². The number of carbonyl (C=O) groups is 2. The lowest BCUT2D eigenvalue weighted by Gasteiger charge is -2.15. The highest BCUT2D eigenvalue weighted by molar-refractivity contribution is 9.10. The standard InChI is InChI=1S/C23H18BrN3O5S/c24-19-14(9-5-11-16(19)23(29)30)8-4-10-15-12-17(13-6-2-1-3-7-13)20(25)18(22(26)28)21(15)33(27,31)32/h1-3,5-7,9,11-12H,8,25H2,(H2,26,28)(H,29,30)(H2,27,31,32). The molecule has 0 aromatic heterocycles. The molecule has 0 fully saturated rings. The Hall–Kier alpha value is -3.65. The van der Waals surface area contributed by atoms with E-state index in [1.165, 1.54) is 12.1 Å². The van der Waals surface area contributed by atoms with Crippen molar-refractivity contribution in [3.63, 3.8) is 0 Å². The zero-order valence-corrected chi connectivity index (χ0v) is 19.4. The molecule has 0 heterocycles. The summed E-state index contributed by atoms with van der Waals surface area (Å²) in [5, 5.41) is 14.6. The number of carboxylic acids is 1. The van der Waals surface area contributed by atoms with Crippen LogP contribution >= 0.6 is 15.9 Å². The number of primary amides is 1. The fourth-order valence-corrected chi connectivity index (χ4v) is 4.77. The first-order valence-corrected chi connectivity index (χ1v) is 11.7. The molecule has 0 atom stereocenters. The van der Waals surface area contributed by atoms with Gasteiger partial charge in [-0.2, -0.15) is 0 Å². The lowest BCUT2D eigenvalue weighted by atomic mass is 9.96. The summed E-state index contributed by atoms with van der Waals surface area (Å²) < 4.78 is 25.1. The minimum absolute atomic E-state index is 0.0511. The van der Waals surface area contributed by atoms with Crippen LogP contribution in [0, 0.1) is 11.8 Å². The van der Waals surface area contributed by atoms with Crippen molar-refractivity contribution >= 4 is 43.5 Å². The van der Waals surface area contributed by atoms with Crippen LogP contribution in [0.1, 0.15) is 31.8 Å². The normalized spacial score (nSPS) is 10.8. The van der Waals surface area contributed by atoms with Gasteiger partial charge < -0.3 is 16.6 Å². The number of anilines is 1. The SMILES string of the molecule is NC(=O)c1c(N)c(-c2ccccc2)cc(C#CCc2cccc(C(=O)O)c2Br)c1S(N)(=O)=O. The van der Waals surface area contributed by atoms with Crippen LogP contribution < -0.4 is 16.6 Å². The number of amides is 1. The van der Waals surface area contributed by atoms with Gasteiger partial charge in [0.1, 0.15) is 4.90 Å². The molecule has 7 N–H and O–H groups in total. The molecule has 0 spiro atoms. The Kier molecular flexibility index (Phi) is 6.88. The van der Waals surface area contributed by atoms with E-state index in [2.05, 4.69) is 27.8 Å². The number of halogens is 1. The Morgan fingerprint density at radius 3 is 2.30 bits per heavy atom. The summed E-state index contributed by atoms with van der Waals surface area (Å²) in [4.78, 5) is 22.9. The Morgan fingerprint density at radius 2 is 1.73 bits per heavy atom. The molecule has 33 heavy (non-hydrogen) atoms. The summed E-state index contributed by atoms with van der Waals surface area (Å²) >= 11 is 3.25. The quantitative estimate of drug-likeness (QED) is 0.294. The van der Waals surface area contributed by atoms with E-state index in [1.807, 2.05) is 0 Å². The molecular formula is C23H18BrN3O5S. The number of nitrogens with two attached hydrogens (primary N) is 3. The third-order valence-corrected chi connectivity index (χ3v) is 6.68. The van der Waals surface area contributed by atoms with E-state index >= 15 is 0 Å². The van der Waals surface area contributed by atoms with E-state index in [4.69, 9.17) is 16.6 Å². The summed E-state index contributed by atoms with van der Waals surface area (Å²) in [5.41, 5.74) is 12.6. The summed E-state index contributed by atoms with van der Waals surface area (Å²) in [6.07, 6.45) is 0.0860. The first-order valence-electron chi connectivity index (χ1n) is 9.36. The van der Waals surface area contributed by atoms with Crippen LogP contribution in [0.15, 0.2) is 64.0 Å². The molecule has 0 aliphatic carbocycles.